The maximum absolute atomic E-state index is 12.8. The molecule has 6 aromatic carbocycles. The molecule has 0 bridgehead atoms. The number of carbonyl (C=O) groups excluding carboxylic acids is 1. The third-order valence-corrected chi connectivity index (χ3v) is 11.9. The number of carboxylic acids is 1. The van der Waals surface area contributed by atoms with E-state index in [0.717, 1.165) is 76.1 Å². The van der Waals surface area contributed by atoms with Gasteiger partial charge in [0.1, 0.15) is 5.82 Å². The maximum atomic E-state index is 12.8. The molecule has 0 saturated heterocycles. The van der Waals surface area contributed by atoms with Crippen LogP contribution in [0.2, 0.25) is 10.0 Å². The number of nitrogens with two attached hydrogens (primary N) is 1. The molecular formula is C52H51BrCl2N2O6. The minimum atomic E-state index is -1.18. The Morgan fingerprint density at radius 3 is 1.46 bits per heavy atom. The number of hydrogen-bond donors (Lipinski definition) is 2. The van der Waals surface area contributed by atoms with Crippen LogP contribution in [0.25, 0.3) is 54.9 Å². The fraction of sp³-hybridized carbons (Fsp3) is 0.250. The largest absolute Gasteiger partial charge is 0.479 e. The predicted molar refractivity (Wildman–Crippen MR) is 260 cm³/mol. The number of ether oxygens (including phenoxy) is 3. The first-order valence-electron chi connectivity index (χ1n) is 20.4. The average molecular weight is 951 g/mol. The van der Waals surface area contributed by atoms with Crippen LogP contribution >= 0.6 is 39.1 Å². The van der Waals surface area contributed by atoms with Gasteiger partial charge in [-0.1, -0.05) is 96.0 Å². The molecule has 0 aliphatic carbocycles. The summed E-state index contributed by atoms with van der Waals surface area (Å²) in [4.78, 5) is 29.7. The number of methoxy groups -OCH3 is 1. The van der Waals surface area contributed by atoms with Gasteiger partial charge in [-0.3, -0.25) is 0 Å². The summed E-state index contributed by atoms with van der Waals surface area (Å²) >= 11 is 16.0. The molecule has 0 saturated carbocycles. The van der Waals surface area contributed by atoms with E-state index in [1.807, 2.05) is 146 Å². The van der Waals surface area contributed by atoms with Crippen LogP contribution in [0.5, 0.6) is 0 Å². The van der Waals surface area contributed by atoms with Crippen molar-refractivity contribution in [2.24, 2.45) is 0 Å². The van der Waals surface area contributed by atoms with Gasteiger partial charge in [-0.25, -0.2) is 14.6 Å². The lowest BCUT2D eigenvalue weighted by Crippen LogP contribution is -2.29. The number of hydrogen-bond acceptors (Lipinski definition) is 7. The van der Waals surface area contributed by atoms with Crippen molar-refractivity contribution >= 4 is 78.4 Å². The molecule has 0 amide bonds. The SMILES string of the molecule is COC(=O)C(OC(C)(C)C)c1c(C)c(Br)c2ccccc2c1-c1ccc(Cl)cc1.Cc1c(C(OC(C)(C)C)C(=O)O)c(-c2ccc(Cl)cc2)c2ccccc2c1-c1ccc(N)nc1. The van der Waals surface area contributed by atoms with Crippen LogP contribution in [-0.4, -0.2) is 40.3 Å². The summed E-state index contributed by atoms with van der Waals surface area (Å²) in [5.74, 6) is -1.06. The molecular weight excluding hydrogens is 899 g/mol. The number of nitrogens with zero attached hydrogens (tertiary/aromatic N) is 1. The zero-order chi connectivity index (χ0) is 46.0. The number of benzene rings is 6. The fourth-order valence-electron chi connectivity index (χ4n) is 7.84. The molecule has 0 fully saturated rings. The summed E-state index contributed by atoms with van der Waals surface area (Å²) in [5.41, 5.74) is 13.1. The molecule has 63 heavy (non-hydrogen) atoms. The number of pyridine rings is 1. The van der Waals surface area contributed by atoms with Crippen LogP contribution in [-0.2, 0) is 23.8 Å². The van der Waals surface area contributed by atoms with E-state index in [1.165, 1.54) is 7.11 Å². The van der Waals surface area contributed by atoms with E-state index in [-0.39, 0.29) is 0 Å². The number of carboxylic acid groups (broad SMARTS) is 1. The highest BCUT2D eigenvalue weighted by atomic mass is 79.9. The van der Waals surface area contributed by atoms with Crippen molar-refractivity contribution in [1.29, 1.82) is 0 Å². The molecule has 8 nitrogen and oxygen atoms in total. The highest BCUT2D eigenvalue weighted by Crippen LogP contribution is 2.47. The quantitative estimate of drug-likeness (QED) is 0.137. The Labute approximate surface area is 387 Å². The molecule has 2 unspecified atom stereocenters. The van der Waals surface area contributed by atoms with Gasteiger partial charge >= 0.3 is 11.9 Å². The predicted octanol–water partition coefficient (Wildman–Crippen LogP) is 14.3. The Morgan fingerprint density at radius 2 is 1.03 bits per heavy atom. The van der Waals surface area contributed by atoms with E-state index in [2.05, 4.69) is 33.0 Å². The minimum absolute atomic E-state index is 0.420. The van der Waals surface area contributed by atoms with Crippen LogP contribution in [0.3, 0.4) is 0 Å². The molecule has 326 valence electrons. The third kappa shape index (κ3) is 10.6. The normalized spacial score (nSPS) is 12.7. The average Bonchev–Trinajstić information content (AvgIpc) is 3.23. The van der Waals surface area contributed by atoms with Gasteiger partial charge in [-0.15, -0.1) is 0 Å². The van der Waals surface area contributed by atoms with Crippen LogP contribution < -0.4 is 5.73 Å². The first kappa shape index (κ1) is 47.2. The summed E-state index contributed by atoms with van der Waals surface area (Å²) in [6.07, 6.45) is -0.335. The Hall–Kier alpha value is -5.29. The van der Waals surface area contributed by atoms with E-state index in [1.54, 1.807) is 12.3 Å². The number of aliphatic carboxylic acids is 1. The Morgan fingerprint density at radius 1 is 0.619 bits per heavy atom. The topological polar surface area (TPSA) is 121 Å². The van der Waals surface area contributed by atoms with Gasteiger partial charge in [0.15, 0.2) is 12.2 Å². The number of halogens is 3. The van der Waals surface area contributed by atoms with Crippen LogP contribution in [0, 0.1) is 13.8 Å². The molecule has 0 spiro atoms. The maximum Gasteiger partial charge on any atom is 0.339 e. The number of anilines is 1. The van der Waals surface area contributed by atoms with Gasteiger partial charge in [0, 0.05) is 37.4 Å². The standard InChI is InChI=1S/C28H27ClN2O3.C24H24BrClO3/c1-16-23(18-11-14-22(30)31-15-18)20-7-5-6-8-21(20)25(17-9-12-19(29)13-10-17)24(16)26(27(32)33)34-28(2,3)4;1-14-19(22(23(27)28-5)29-24(2,3)4)20(15-10-12-16(26)13-11-15)17-8-6-7-9-18(17)21(14)25/h5-15,26H,1-4H3,(H2,30,31)(H,32,33);6-13,22H,1-5H3. The second-order valence-electron chi connectivity index (χ2n) is 17.2. The van der Waals surface area contributed by atoms with Gasteiger partial charge in [-0.2, -0.15) is 0 Å². The lowest BCUT2D eigenvalue weighted by Gasteiger charge is -2.30. The smallest absolute Gasteiger partial charge is 0.339 e. The van der Waals surface area contributed by atoms with Crippen molar-refractivity contribution < 1.29 is 28.9 Å². The van der Waals surface area contributed by atoms with E-state index >= 15 is 0 Å². The van der Waals surface area contributed by atoms with Crippen LogP contribution in [0.4, 0.5) is 5.82 Å². The lowest BCUT2D eigenvalue weighted by molar-refractivity contribution is -0.164. The summed E-state index contributed by atoms with van der Waals surface area (Å²) in [6, 6.07) is 34.8. The van der Waals surface area contributed by atoms with Gasteiger partial charge in [0.2, 0.25) is 0 Å². The number of fused-ring (bicyclic) bond motifs is 2. The number of rotatable bonds is 9. The van der Waals surface area contributed by atoms with E-state index < -0.39 is 35.3 Å². The summed E-state index contributed by atoms with van der Waals surface area (Å²) < 4.78 is 18.4. The Kier molecular flexibility index (Phi) is 14.4. The first-order valence-corrected chi connectivity index (χ1v) is 21.9. The second kappa shape index (κ2) is 19.2. The second-order valence-corrected chi connectivity index (χ2v) is 18.8. The zero-order valence-electron chi connectivity index (χ0n) is 36.8. The lowest BCUT2D eigenvalue weighted by atomic mass is 9.82. The fourth-order valence-corrected chi connectivity index (χ4v) is 8.65. The highest BCUT2D eigenvalue weighted by molar-refractivity contribution is 9.10. The van der Waals surface area contributed by atoms with Gasteiger partial charge in [0.25, 0.3) is 0 Å². The molecule has 1 heterocycles. The molecule has 0 aliphatic heterocycles. The van der Waals surface area contributed by atoms with E-state index in [0.29, 0.717) is 21.4 Å². The van der Waals surface area contributed by atoms with E-state index in [4.69, 9.17) is 43.1 Å². The van der Waals surface area contributed by atoms with Crippen molar-refractivity contribution in [1.82, 2.24) is 4.98 Å². The van der Waals surface area contributed by atoms with E-state index in [9.17, 15) is 14.7 Å². The summed E-state index contributed by atoms with van der Waals surface area (Å²) in [7, 11) is 1.38. The van der Waals surface area contributed by atoms with Crippen molar-refractivity contribution in [2.45, 2.75) is 78.8 Å². The molecule has 11 heteroatoms. The minimum Gasteiger partial charge on any atom is -0.479 e. The molecule has 0 aliphatic rings. The Bertz CT molecular complexity index is 2800. The molecule has 3 N–H and O–H groups in total. The van der Waals surface area contributed by atoms with Crippen molar-refractivity contribution in [3.8, 4) is 33.4 Å². The number of aromatic nitrogens is 1. The molecule has 7 rings (SSSR count). The third-order valence-electron chi connectivity index (χ3n) is 10.4. The number of esters is 1. The number of nitrogen functional groups attached to an aromatic ring is 1. The number of carbonyl (C=O) groups is 2. The molecule has 1 aromatic heterocycles. The molecule has 2 atom stereocenters. The van der Waals surface area contributed by atoms with Crippen molar-refractivity contribution in [3.05, 3.63) is 152 Å². The molecule has 7 aromatic rings. The van der Waals surface area contributed by atoms with Crippen LogP contribution in [0.15, 0.2) is 120 Å². The first-order chi connectivity index (χ1) is 29.7. The van der Waals surface area contributed by atoms with Gasteiger partial charge < -0.3 is 25.1 Å². The van der Waals surface area contributed by atoms with Gasteiger partial charge in [0.05, 0.1) is 18.3 Å². The highest BCUT2D eigenvalue weighted by Gasteiger charge is 2.35. The zero-order valence-corrected chi connectivity index (χ0v) is 39.9. The molecule has 0 radical (unpaired) electrons. The van der Waals surface area contributed by atoms with Gasteiger partial charge in [-0.05, 0) is 168 Å². The monoisotopic (exact) mass is 948 g/mol. The summed E-state index contributed by atoms with van der Waals surface area (Å²) in [5, 5.41) is 15.6. The Balaban J connectivity index is 0.000000213. The van der Waals surface area contributed by atoms with Crippen LogP contribution in [0.1, 0.15) is 76.0 Å². The van der Waals surface area contributed by atoms with Crippen molar-refractivity contribution in [2.75, 3.05) is 12.8 Å². The van der Waals surface area contributed by atoms with Crippen molar-refractivity contribution in [3.63, 3.8) is 0 Å². The summed E-state index contributed by atoms with van der Waals surface area (Å²) in [6.45, 7) is 15.3.